The molecule has 1 aliphatic rings. The number of aryl methyl sites for hydroxylation is 2. The number of hydrogen-bond donors (Lipinski definition) is 2. The topological polar surface area (TPSA) is 60.4 Å². The third-order valence-electron chi connectivity index (χ3n) is 4.20. The molecule has 0 aliphatic carbocycles. The second-order valence-corrected chi connectivity index (χ2v) is 5.63. The molecule has 0 amide bonds. The van der Waals surface area contributed by atoms with Crippen LogP contribution in [-0.4, -0.2) is 6.61 Å². The predicted molar refractivity (Wildman–Crippen MR) is 81.7 cm³/mol. The summed E-state index contributed by atoms with van der Waals surface area (Å²) in [5, 5.41) is 0. The van der Waals surface area contributed by atoms with Crippen LogP contribution in [0.3, 0.4) is 0 Å². The average Bonchev–Trinajstić information content (AvgIpc) is 2.83. The van der Waals surface area contributed by atoms with Crippen LogP contribution in [0.2, 0.25) is 0 Å². The Morgan fingerprint density at radius 2 is 2.14 bits per heavy atom. The second kappa shape index (κ2) is 6.02. The maximum absolute atomic E-state index is 5.98. The summed E-state index contributed by atoms with van der Waals surface area (Å²) < 4.78 is 11.6. The summed E-state index contributed by atoms with van der Waals surface area (Å²) in [5.74, 6) is 7.60. The van der Waals surface area contributed by atoms with Gasteiger partial charge in [-0.15, -0.1) is 0 Å². The van der Waals surface area contributed by atoms with E-state index in [1.165, 1.54) is 11.1 Å². The number of nitrogens with one attached hydrogen (secondary N) is 1. The van der Waals surface area contributed by atoms with E-state index in [9.17, 15) is 0 Å². The molecule has 0 saturated heterocycles. The molecule has 2 aromatic rings. The number of ether oxygens (including phenoxy) is 1. The van der Waals surface area contributed by atoms with Gasteiger partial charge in [0.05, 0.1) is 18.8 Å². The van der Waals surface area contributed by atoms with Crippen LogP contribution in [0, 0.1) is 13.8 Å². The van der Waals surface area contributed by atoms with Crippen LogP contribution in [0.4, 0.5) is 0 Å². The minimum absolute atomic E-state index is 0.0265. The molecule has 4 heteroatoms. The molecule has 0 spiro atoms. The largest absolute Gasteiger partial charge is 0.466 e. The lowest BCUT2D eigenvalue weighted by atomic mass is 9.91. The fourth-order valence-electron chi connectivity index (χ4n) is 3.17. The normalized spacial score (nSPS) is 19.3. The molecule has 2 unspecified atom stereocenters. The SMILES string of the molecule is Cc1cc(C(CC2OCCc3ccccc32)NN)c(C)o1. The Morgan fingerprint density at radius 1 is 1.33 bits per heavy atom. The first-order valence-electron chi connectivity index (χ1n) is 7.41. The lowest BCUT2D eigenvalue weighted by Gasteiger charge is -2.29. The fourth-order valence-corrected chi connectivity index (χ4v) is 3.17. The molecule has 0 fully saturated rings. The molecule has 1 aromatic heterocycles. The molecule has 4 nitrogen and oxygen atoms in total. The van der Waals surface area contributed by atoms with Crippen molar-refractivity contribution in [3.63, 3.8) is 0 Å². The summed E-state index contributed by atoms with van der Waals surface area (Å²) in [6.45, 7) is 4.70. The number of rotatable bonds is 4. The Bertz CT molecular complexity index is 621. The third kappa shape index (κ3) is 2.88. The Balaban J connectivity index is 1.84. The fraction of sp³-hybridized carbons (Fsp3) is 0.412. The van der Waals surface area contributed by atoms with E-state index in [1.807, 2.05) is 13.8 Å². The molecule has 2 atom stereocenters. The molecule has 21 heavy (non-hydrogen) atoms. The van der Waals surface area contributed by atoms with Gasteiger partial charge in [0.2, 0.25) is 0 Å². The number of hydrazine groups is 1. The van der Waals surface area contributed by atoms with Crippen LogP contribution in [0.5, 0.6) is 0 Å². The highest BCUT2D eigenvalue weighted by Gasteiger charge is 2.26. The van der Waals surface area contributed by atoms with Gasteiger partial charge < -0.3 is 9.15 Å². The number of furan rings is 1. The van der Waals surface area contributed by atoms with Gasteiger partial charge in [0.1, 0.15) is 11.5 Å². The van der Waals surface area contributed by atoms with Crippen molar-refractivity contribution in [2.24, 2.45) is 5.84 Å². The van der Waals surface area contributed by atoms with Crippen molar-refractivity contribution >= 4 is 0 Å². The predicted octanol–water partition coefficient (Wildman–Crippen LogP) is 3.10. The molecular weight excluding hydrogens is 264 g/mol. The Kier molecular flexibility index (Phi) is 4.10. The van der Waals surface area contributed by atoms with Crippen molar-refractivity contribution in [2.75, 3.05) is 6.61 Å². The van der Waals surface area contributed by atoms with Crippen molar-refractivity contribution in [3.8, 4) is 0 Å². The van der Waals surface area contributed by atoms with Crippen molar-refractivity contribution in [2.45, 2.75) is 38.8 Å². The van der Waals surface area contributed by atoms with E-state index in [2.05, 4.69) is 35.8 Å². The average molecular weight is 286 g/mol. The first-order chi connectivity index (χ1) is 10.2. The summed E-state index contributed by atoms with van der Waals surface area (Å²) in [7, 11) is 0. The monoisotopic (exact) mass is 286 g/mol. The molecule has 0 bridgehead atoms. The van der Waals surface area contributed by atoms with E-state index in [0.29, 0.717) is 0 Å². The van der Waals surface area contributed by atoms with Crippen LogP contribution in [0.1, 0.15) is 46.8 Å². The quantitative estimate of drug-likeness (QED) is 0.669. The minimum Gasteiger partial charge on any atom is -0.466 e. The van der Waals surface area contributed by atoms with Gasteiger partial charge in [0.15, 0.2) is 0 Å². The van der Waals surface area contributed by atoms with Crippen LogP contribution in [-0.2, 0) is 11.2 Å². The number of fused-ring (bicyclic) bond motifs is 1. The maximum Gasteiger partial charge on any atom is 0.105 e. The molecular formula is C17H22N2O2. The van der Waals surface area contributed by atoms with Crippen LogP contribution < -0.4 is 11.3 Å². The third-order valence-corrected chi connectivity index (χ3v) is 4.20. The molecule has 0 radical (unpaired) electrons. The van der Waals surface area contributed by atoms with E-state index in [1.54, 1.807) is 0 Å². The smallest absolute Gasteiger partial charge is 0.105 e. The van der Waals surface area contributed by atoms with Gasteiger partial charge >= 0.3 is 0 Å². The molecule has 3 rings (SSSR count). The highest BCUT2D eigenvalue weighted by molar-refractivity contribution is 5.32. The molecule has 1 aromatic carbocycles. The van der Waals surface area contributed by atoms with E-state index in [0.717, 1.165) is 36.5 Å². The van der Waals surface area contributed by atoms with E-state index >= 15 is 0 Å². The second-order valence-electron chi connectivity index (χ2n) is 5.63. The molecule has 3 N–H and O–H groups in total. The van der Waals surface area contributed by atoms with E-state index < -0.39 is 0 Å². The molecule has 0 saturated carbocycles. The number of benzene rings is 1. The standard InChI is InChI=1S/C17H22N2O2/c1-11-9-15(12(2)21-11)16(19-18)10-17-14-6-4-3-5-13(14)7-8-20-17/h3-6,9,16-17,19H,7-8,10,18H2,1-2H3. The lowest BCUT2D eigenvalue weighted by molar-refractivity contribution is 0.0292. The molecule has 1 aliphatic heterocycles. The van der Waals surface area contributed by atoms with Gasteiger partial charge in [-0.1, -0.05) is 24.3 Å². The van der Waals surface area contributed by atoms with Crippen LogP contribution >= 0.6 is 0 Å². The Hall–Kier alpha value is -1.62. The Labute approximate surface area is 125 Å². The Morgan fingerprint density at radius 3 is 2.86 bits per heavy atom. The molecule has 2 heterocycles. The van der Waals surface area contributed by atoms with E-state index in [-0.39, 0.29) is 12.1 Å². The van der Waals surface area contributed by atoms with Gasteiger partial charge in [0, 0.05) is 5.56 Å². The maximum atomic E-state index is 5.98. The van der Waals surface area contributed by atoms with Crippen molar-refractivity contribution in [1.29, 1.82) is 0 Å². The highest BCUT2D eigenvalue weighted by Crippen LogP contribution is 2.35. The van der Waals surface area contributed by atoms with Crippen molar-refractivity contribution < 1.29 is 9.15 Å². The van der Waals surface area contributed by atoms with Gasteiger partial charge in [-0.05, 0) is 43.9 Å². The summed E-state index contributed by atoms with van der Waals surface area (Å²) >= 11 is 0. The number of hydrogen-bond acceptors (Lipinski definition) is 4. The van der Waals surface area contributed by atoms with Gasteiger partial charge in [-0.2, -0.15) is 0 Å². The van der Waals surface area contributed by atoms with E-state index in [4.69, 9.17) is 15.0 Å². The van der Waals surface area contributed by atoms with Gasteiger partial charge in [0.25, 0.3) is 0 Å². The zero-order valence-electron chi connectivity index (χ0n) is 12.6. The minimum atomic E-state index is 0.0265. The lowest BCUT2D eigenvalue weighted by Crippen LogP contribution is -2.31. The summed E-state index contributed by atoms with van der Waals surface area (Å²) in [6, 6.07) is 10.6. The highest BCUT2D eigenvalue weighted by atomic mass is 16.5. The zero-order valence-corrected chi connectivity index (χ0v) is 12.6. The van der Waals surface area contributed by atoms with Gasteiger partial charge in [-0.25, -0.2) is 0 Å². The van der Waals surface area contributed by atoms with Crippen LogP contribution in [0.15, 0.2) is 34.7 Å². The van der Waals surface area contributed by atoms with Gasteiger partial charge in [-0.3, -0.25) is 11.3 Å². The first-order valence-corrected chi connectivity index (χ1v) is 7.41. The van der Waals surface area contributed by atoms with Crippen molar-refractivity contribution in [3.05, 3.63) is 58.5 Å². The summed E-state index contributed by atoms with van der Waals surface area (Å²) in [4.78, 5) is 0. The van der Waals surface area contributed by atoms with Crippen molar-refractivity contribution in [1.82, 2.24) is 5.43 Å². The summed E-state index contributed by atoms with van der Waals surface area (Å²) in [6.07, 6.45) is 1.86. The summed E-state index contributed by atoms with van der Waals surface area (Å²) in [5.41, 5.74) is 6.68. The zero-order chi connectivity index (χ0) is 14.8. The first kappa shape index (κ1) is 14.3. The van der Waals surface area contributed by atoms with Crippen LogP contribution in [0.25, 0.3) is 0 Å². The number of nitrogens with two attached hydrogens (primary N) is 1. The molecule has 112 valence electrons.